The van der Waals surface area contributed by atoms with Crippen molar-refractivity contribution in [2.45, 2.75) is 73.2 Å². The van der Waals surface area contributed by atoms with Crippen molar-refractivity contribution in [1.29, 1.82) is 0 Å². The number of hydrogen-bond donors (Lipinski definition) is 13. The molecular weight excluding hydrogens is 866 g/mol. The Morgan fingerprint density at radius 2 is 0.604 bits per heavy atom. The van der Waals surface area contributed by atoms with E-state index in [4.69, 9.17) is 32.3 Å². The molecule has 13 N–H and O–H groups in total. The topological polar surface area (TPSA) is 458 Å². The molecule has 0 aromatic rings. The van der Waals surface area contributed by atoms with Gasteiger partial charge >= 0.3 is 46.3 Å². The van der Waals surface area contributed by atoms with Crippen molar-refractivity contribution in [2.24, 2.45) is 0 Å². The fraction of sp³-hybridized carbons (Fsp3) is 1.00. The van der Waals surface area contributed by atoms with Crippen LogP contribution in [0.1, 0.15) is 0 Å². The van der Waals surface area contributed by atoms with E-state index < -0.39 is 139 Å². The lowest BCUT2D eigenvalue weighted by molar-refractivity contribution is -0.235. The summed E-state index contributed by atoms with van der Waals surface area (Å²) in [6, 6.07) is 0. The SMILES string of the molecule is COC1[C@@H](OC)[C@H](OP(=O)(O)O)C(OP(=O)(O)O[C@H]2[C@H](O)[C@@H](O)[C@H](OP(=O)(O)CO)[C@@H](OP(=O)(O)CO)[C@H]2OP(=O)(O)CO)[C@@H](OP(=O)(O)O)[C@H]1OC. The second-order valence-electron chi connectivity index (χ2n) is 10.9. The first-order valence-electron chi connectivity index (χ1n) is 14.0. The highest BCUT2D eigenvalue weighted by molar-refractivity contribution is 7.53. The minimum atomic E-state index is -6.29. The zero-order valence-electron chi connectivity index (χ0n) is 27.1. The highest BCUT2D eigenvalue weighted by Gasteiger charge is 2.62. The molecular formula is C18H40O29P6. The maximum Gasteiger partial charge on any atom is 0.473 e. The average molecular weight is 906 g/mol. The van der Waals surface area contributed by atoms with Gasteiger partial charge in [0.1, 0.15) is 92.3 Å². The van der Waals surface area contributed by atoms with Crippen LogP contribution in [0.15, 0.2) is 0 Å². The van der Waals surface area contributed by atoms with Crippen LogP contribution < -0.4 is 0 Å². The van der Waals surface area contributed by atoms with Gasteiger partial charge in [-0.15, -0.1) is 0 Å². The molecule has 2 fully saturated rings. The van der Waals surface area contributed by atoms with Gasteiger partial charge in [-0.1, -0.05) is 0 Å². The Bertz CT molecular complexity index is 1460. The van der Waals surface area contributed by atoms with E-state index >= 15 is 0 Å². The summed E-state index contributed by atoms with van der Waals surface area (Å²) in [6.07, 6.45) is -35.2. The summed E-state index contributed by atoms with van der Waals surface area (Å²) in [5, 5.41) is 49.7. The van der Waals surface area contributed by atoms with E-state index in [1.54, 1.807) is 0 Å². The van der Waals surface area contributed by atoms with Crippen molar-refractivity contribution in [1.82, 2.24) is 0 Å². The lowest BCUT2D eigenvalue weighted by atomic mass is 9.84. The molecule has 2 rings (SSSR count). The Kier molecular flexibility index (Phi) is 17.8. The van der Waals surface area contributed by atoms with E-state index in [0.717, 1.165) is 21.3 Å². The first-order valence-corrected chi connectivity index (χ1v) is 23.8. The molecule has 35 heteroatoms. The van der Waals surface area contributed by atoms with Crippen molar-refractivity contribution < 1.29 is 138 Å². The van der Waals surface area contributed by atoms with E-state index in [1.165, 1.54) is 0 Å². The van der Waals surface area contributed by atoms with Crippen molar-refractivity contribution in [3.8, 4) is 0 Å². The minimum absolute atomic E-state index is 0.888. The van der Waals surface area contributed by atoms with E-state index in [0.29, 0.717) is 0 Å². The molecule has 0 aliphatic heterocycles. The Hall–Kier alpha value is 0.460. The third-order valence-corrected chi connectivity index (χ3v) is 12.0. The highest BCUT2D eigenvalue weighted by Crippen LogP contribution is 2.58. The number of aliphatic hydroxyl groups excluding tert-OH is 5. The third-order valence-electron chi connectivity index (χ3n) is 7.18. The van der Waals surface area contributed by atoms with E-state index in [2.05, 4.69) is 13.6 Å². The molecule has 53 heavy (non-hydrogen) atoms. The molecule has 0 saturated heterocycles. The molecule has 0 heterocycles. The molecule has 29 nitrogen and oxygen atoms in total. The molecule has 0 spiro atoms. The quantitative estimate of drug-likeness (QED) is 0.0520. The monoisotopic (exact) mass is 906 g/mol. The molecule has 2 saturated carbocycles. The maximum atomic E-state index is 13.7. The zero-order chi connectivity index (χ0) is 41.1. The smallest absolute Gasteiger partial charge is 0.387 e. The van der Waals surface area contributed by atoms with Crippen molar-refractivity contribution in [2.75, 3.05) is 40.4 Å². The first-order chi connectivity index (χ1) is 24.0. The van der Waals surface area contributed by atoms with Gasteiger partial charge in [-0.05, 0) is 0 Å². The Morgan fingerprint density at radius 1 is 0.377 bits per heavy atom. The second kappa shape index (κ2) is 19.0. The summed E-state index contributed by atoms with van der Waals surface area (Å²) >= 11 is 0. The number of phosphoric ester groups is 3. The second-order valence-corrected chi connectivity index (χ2v) is 19.9. The van der Waals surface area contributed by atoms with Gasteiger partial charge in [0, 0.05) is 21.3 Å². The van der Waals surface area contributed by atoms with Crippen LogP contribution in [-0.4, -0.2) is 178 Å². The molecule has 0 radical (unpaired) electrons. The van der Waals surface area contributed by atoms with Gasteiger partial charge in [0.05, 0.1) is 0 Å². The maximum absolute atomic E-state index is 13.7. The van der Waals surface area contributed by atoms with Crippen molar-refractivity contribution in [3.05, 3.63) is 0 Å². The molecule has 0 bridgehead atoms. The van der Waals surface area contributed by atoms with Crippen LogP contribution in [0.2, 0.25) is 0 Å². The fourth-order valence-corrected chi connectivity index (χ4v) is 9.57. The van der Waals surface area contributed by atoms with Crippen LogP contribution in [0.5, 0.6) is 0 Å². The summed E-state index contributed by atoms with van der Waals surface area (Å²) in [5.41, 5.74) is 0. The number of ether oxygens (including phenoxy) is 3. The van der Waals surface area contributed by atoms with E-state index in [9.17, 15) is 92.1 Å². The van der Waals surface area contributed by atoms with Gasteiger partial charge in [-0.25, -0.2) is 13.7 Å². The predicted octanol–water partition coefficient (Wildman–Crippen LogP) is -3.83. The number of methoxy groups -OCH3 is 3. The van der Waals surface area contributed by atoms with Crippen LogP contribution in [0.4, 0.5) is 0 Å². The number of phosphoric acid groups is 3. The Balaban J connectivity index is 2.81. The van der Waals surface area contributed by atoms with Crippen molar-refractivity contribution >= 4 is 46.3 Å². The summed E-state index contributed by atoms with van der Waals surface area (Å²) < 4.78 is 124. The fourth-order valence-electron chi connectivity index (χ4n) is 5.24. The lowest BCUT2D eigenvalue weighted by Gasteiger charge is -2.49. The molecule has 316 valence electrons. The van der Waals surface area contributed by atoms with Gasteiger partial charge < -0.3 is 78.9 Å². The third kappa shape index (κ3) is 13.8. The molecule has 16 atom stereocenters. The van der Waals surface area contributed by atoms with Crippen LogP contribution in [0.25, 0.3) is 0 Å². The first kappa shape index (κ1) is 49.6. The molecule has 0 amide bonds. The van der Waals surface area contributed by atoms with Gasteiger partial charge in [0.2, 0.25) is 0 Å². The lowest BCUT2D eigenvalue weighted by Crippen LogP contribution is -2.67. The van der Waals surface area contributed by atoms with Gasteiger partial charge in [0.15, 0.2) is 0 Å². The van der Waals surface area contributed by atoms with E-state index in [1.807, 2.05) is 0 Å². The van der Waals surface area contributed by atoms with Crippen LogP contribution in [0.3, 0.4) is 0 Å². The molecule has 0 aromatic carbocycles. The van der Waals surface area contributed by atoms with E-state index in [-0.39, 0.29) is 0 Å². The number of rotatable bonds is 20. The summed E-state index contributed by atoms with van der Waals surface area (Å²) in [5.74, 6) is 0. The summed E-state index contributed by atoms with van der Waals surface area (Å²) in [6.45, 7) is 0. The molecule has 0 aromatic heterocycles. The van der Waals surface area contributed by atoms with Crippen LogP contribution in [-0.2, 0) is 73.3 Å². The summed E-state index contributed by atoms with van der Waals surface area (Å²) in [7, 11) is -31.2. The molecule has 2 aliphatic carbocycles. The van der Waals surface area contributed by atoms with Gasteiger partial charge in [-0.3, -0.25) is 45.4 Å². The van der Waals surface area contributed by atoms with Gasteiger partial charge in [0.25, 0.3) is 0 Å². The standard InChI is InChI=1S/C18H40O29P6/c1-38-11-12(39-2)16(44-51(30,31)32)18(17(13(11)40-3)45-52(33,34)35)47-53(36,37)46-10-8(23)7(22)9(41-48(24,25)4-19)14(42-49(26,27)5-20)15(10)43-50(28,29)6-21/h7-23H,4-6H2,1-3H3,(H,24,25)(H,26,27)(H,28,29)(H,36,37)(H2,30,31,32)(H2,33,34,35)/t7-,8-,9+,10+,11?,12-,13+,14-,15+,16+,17+,18?/m1/s1. The minimum Gasteiger partial charge on any atom is -0.387 e. The zero-order valence-corrected chi connectivity index (χ0v) is 32.4. The molecule has 2 aliphatic rings. The Labute approximate surface area is 297 Å². The predicted molar refractivity (Wildman–Crippen MR) is 163 cm³/mol. The van der Waals surface area contributed by atoms with Crippen molar-refractivity contribution in [3.63, 3.8) is 0 Å². The highest BCUT2D eigenvalue weighted by atomic mass is 31.2. The molecule has 6 unspecified atom stereocenters. The average Bonchev–Trinajstić information content (AvgIpc) is 3.03. The van der Waals surface area contributed by atoms with Crippen LogP contribution in [0, 0.1) is 0 Å². The largest absolute Gasteiger partial charge is 0.473 e. The number of aliphatic hydroxyl groups is 5. The van der Waals surface area contributed by atoms with Crippen LogP contribution >= 0.6 is 46.3 Å². The summed E-state index contributed by atoms with van der Waals surface area (Å²) in [4.78, 5) is 79.3. The Morgan fingerprint density at radius 3 is 0.887 bits per heavy atom. The van der Waals surface area contributed by atoms with Gasteiger partial charge in [-0.2, -0.15) is 0 Å². The number of hydrogen-bond acceptors (Lipinski definition) is 21. The normalized spacial score (nSPS) is 37.6.